The molecule has 1 atom stereocenters. The predicted molar refractivity (Wildman–Crippen MR) is 94.4 cm³/mol. The number of aryl methyl sites for hydroxylation is 3. The lowest BCUT2D eigenvalue weighted by Gasteiger charge is -2.25. The normalized spacial score (nSPS) is 17.6. The van der Waals surface area contributed by atoms with Gasteiger partial charge in [0.15, 0.2) is 5.65 Å². The maximum Gasteiger partial charge on any atom is 0.255 e. The highest BCUT2D eigenvalue weighted by atomic mass is 16.2. The molecule has 3 aromatic heterocycles. The molecule has 0 unspecified atom stereocenters. The van der Waals surface area contributed by atoms with Crippen molar-refractivity contribution in [1.82, 2.24) is 29.9 Å². The second-order valence-corrected chi connectivity index (χ2v) is 6.89. The van der Waals surface area contributed by atoms with Crippen LogP contribution in [0, 0.1) is 20.8 Å². The smallest absolute Gasteiger partial charge is 0.255 e. The number of pyridine rings is 1. The van der Waals surface area contributed by atoms with Gasteiger partial charge in [-0.25, -0.2) is 4.98 Å². The Hall–Kier alpha value is -2.70. The summed E-state index contributed by atoms with van der Waals surface area (Å²) in [6, 6.07) is 2.04. The number of aromatic amines is 1. The molecule has 130 valence electrons. The third kappa shape index (κ3) is 2.79. The van der Waals surface area contributed by atoms with Crippen molar-refractivity contribution >= 4 is 16.9 Å². The van der Waals surface area contributed by atoms with Crippen LogP contribution >= 0.6 is 0 Å². The molecule has 0 aliphatic carbocycles. The quantitative estimate of drug-likeness (QED) is 0.795. The molecule has 1 amide bonds. The minimum atomic E-state index is 0.0615. The van der Waals surface area contributed by atoms with Crippen molar-refractivity contribution < 1.29 is 4.79 Å². The van der Waals surface area contributed by atoms with Gasteiger partial charge in [-0.05, 0) is 45.2 Å². The second-order valence-electron chi connectivity index (χ2n) is 6.89. The van der Waals surface area contributed by atoms with Gasteiger partial charge in [-0.2, -0.15) is 10.2 Å². The van der Waals surface area contributed by atoms with Gasteiger partial charge in [0.25, 0.3) is 5.91 Å². The van der Waals surface area contributed by atoms with E-state index >= 15 is 0 Å². The third-order valence-electron chi connectivity index (χ3n) is 4.86. The molecule has 25 heavy (non-hydrogen) atoms. The number of carbonyl (C=O) groups excluding carboxylic acids is 1. The van der Waals surface area contributed by atoms with Gasteiger partial charge in [-0.1, -0.05) is 0 Å². The molecule has 0 spiro atoms. The largest absolute Gasteiger partial charge is 0.334 e. The van der Waals surface area contributed by atoms with Gasteiger partial charge in [0.1, 0.15) is 0 Å². The molecule has 7 nitrogen and oxygen atoms in total. The summed E-state index contributed by atoms with van der Waals surface area (Å²) in [5.41, 5.74) is 4.12. The Morgan fingerprint density at radius 3 is 2.96 bits per heavy atom. The summed E-state index contributed by atoms with van der Waals surface area (Å²) in [6.07, 6.45) is 5.90. The first-order valence-electron chi connectivity index (χ1n) is 8.65. The van der Waals surface area contributed by atoms with Crippen LogP contribution in [-0.2, 0) is 6.54 Å². The maximum absolute atomic E-state index is 13.3. The average molecular weight is 338 g/mol. The molecule has 7 heteroatoms. The van der Waals surface area contributed by atoms with Crippen LogP contribution in [0.25, 0.3) is 11.0 Å². The van der Waals surface area contributed by atoms with Crippen LogP contribution in [0.3, 0.4) is 0 Å². The summed E-state index contributed by atoms with van der Waals surface area (Å²) in [4.78, 5) is 19.7. The Balaban J connectivity index is 1.67. The van der Waals surface area contributed by atoms with E-state index in [-0.39, 0.29) is 11.9 Å². The number of amides is 1. The average Bonchev–Trinajstić information content (AvgIpc) is 3.28. The SMILES string of the molecule is Cc1cnn(C[C@H]2CCCN2C(=O)c2cc(C)nc3n[nH]c(C)c23)c1. The molecule has 0 bridgehead atoms. The number of likely N-dealkylation sites (tertiary alicyclic amines) is 1. The summed E-state index contributed by atoms with van der Waals surface area (Å²) in [6.45, 7) is 7.37. The van der Waals surface area contributed by atoms with E-state index in [2.05, 4.69) is 20.3 Å². The number of nitrogens with one attached hydrogen (secondary N) is 1. The topological polar surface area (TPSA) is 79.7 Å². The fraction of sp³-hybridized carbons (Fsp3) is 0.444. The third-order valence-corrected chi connectivity index (χ3v) is 4.86. The van der Waals surface area contributed by atoms with Crippen molar-refractivity contribution in [1.29, 1.82) is 0 Å². The van der Waals surface area contributed by atoms with Crippen LogP contribution in [0.2, 0.25) is 0 Å². The number of aromatic nitrogens is 5. The molecule has 1 saturated heterocycles. The highest BCUT2D eigenvalue weighted by molar-refractivity contribution is 6.06. The highest BCUT2D eigenvalue weighted by Gasteiger charge is 2.31. The summed E-state index contributed by atoms with van der Waals surface area (Å²) in [7, 11) is 0. The zero-order chi connectivity index (χ0) is 17.6. The molecule has 1 fully saturated rings. The fourth-order valence-corrected chi connectivity index (χ4v) is 3.70. The molecule has 0 saturated carbocycles. The van der Waals surface area contributed by atoms with E-state index in [0.717, 1.165) is 48.3 Å². The van der Waals surface area contributed by atoms with Gasteiger partial charge in [0.05, 0.1) is 29.7 Å². The van der Waals surface area contributed by atoms with Gasteiger partial charge in [0.2, 0.25) is 0 Å². The monoisotopic (exact) mass is 338 g/mol. The zero-order valence-corrected chi connectivity index (χ0v) is 14.8. The minimum Gasteiger partial charge on any atom is -0.334 e. The predicted octanol–water partition coefficient (Wildman–Crippen LogP) is 2.38. The van der Waals surface area contributed by atoms with Crippen LogP contribution < -0.4 is 0 Å². The first-order chi connectivity index (χ1) is 12.0. The zero-order valence-electron chi connectivity index (χ0n) is 14.8. The van der Waals surface area contributed by atoms with Crippen molar-refractivity contribution in [3.05, 3.63) is 41.0 Å². The number of hydrogen-bond donors (Lipinski definition) is 1. The van der Waals surface area contributed by atoms with E-state index in [9.17, 15) is 4.79 Å². The number of H-pyrrole nitrogens is 1. The fourth-order valence-electron chi connectivity index (χ4n) is 3.70. The lowest BCUT2D eigenvalue weighted by molar-refractivity contribution is 0.0723. The molecule has 0 aromatic carbocycles. The maximum atomic E-state index is 13.3. The lowest BCUT2D eigenvalue weighted by Crippen LogP contribution is -2.38. The number of nitrogens with zero attached hydrogens (tertiary/aromatic N) is 5. The number of carbonyl (C=O) groups is 1. The Labute approximate surface area is 146 Å². The Morgan fingerprint density at radius 1 is 1.36 bits per heavy atom. The van der Waals surface area contributed by atoms with Crippen LogP contribution in [0.15, 0.2) is 18.5 Å². The Bertz CT molecular complexity index is 940. The van der Waals surface area contributed by atoms with Gasteiger partial charge < -0.3 is 4.90 Å². The Morgan fingerprint density at radius 2 is 2.20 bits per heavy atom. The molecule has 1 aliphatic rings. The van der Waals surface area contributed by atoms with Crippen LogP contribution in [0.1, 0.15) is 40.2 Å². The van der Waals surface area contributed by atoms with E-state index < -0.39 is 0 Å². The Kier molecular flexibility index (Phi) is 3.78. The van der Waals surface area contributed by atoms with Crippen LogP contribution in [0.5, 0.6) is 0 Å². The van der Waals surface area contributed by atoms with Gasteiger partial charge >= 0.3 is 0 Å². The van der Waals surface area contributed by atoms with Crippen LogP contribution in [-0.4, -0.2) is 48.4 Å². The molecule has 4 heterocycles. The minimum absolute atomic E-state index is 0.0615. The first kappa shape index (κ1) is 15.8. The molecular formula is C18H22N6O. The number of rotatable bonds is 3. The number of hydrogen-bond acceptors (Lipinski definition) is 4. The van der Waals surface area contributed by atoms with Crippen molar-refractivity contribution in [3.63, 3.8) is 0 Å². The summed E-state index contributed by atoms with van der Waals surface area (Å²) in [5.74, 6) is 0.0615. The van der Waals surface area contributed by atoms with Crippen molar-refractivity contribution in [2.45, 2.75) is 46.2 Å². The summed E-state index contributed by atoms with van der Waals surface area (Å²) < 4.78 is 1.93. The highest BCUT2D eigenvalue weighted by Crippen LogP contribution is 2.26. The van der Waals surface area contributed by atoms with E-state index in [1.807, 2.05) is 48.8 Å². The standard InChI is InChI=1S/C18H22N6O/c1-11-8-19-23(9-11)10-14-5-4-6-24(14)18(25)15-7-12(2)20-17-16(15)13(3)21-22-17/h7-9,14H,4-6,10H2,1-3H3,(H,20,21,22)/t14-/m1/s1. The second kappa shape index (κ2) is 5.98. The number of fused-ring (bicyclic) bond motifs is 1. The van der Waals surface area contributed by atoms with Gasteiger partial charge in [-0.3, -0.25) is 14.6 Å². The molecule has 4 rings (SSSR count). The van der Waals surface area contributed by atoms with Crippen molar-refractivity contribution in [2.75, 3.05) is 6.54 Å². The molecule has 1 aliphatic heterocycles. The van der Waals surface area contributed by atoms with Crippen LogP contribution in [0.4, 0.5) is 0 Å². The molecule has 3 aromatic rings. The van der Waals surface area contributed by atoms with E-state index in [4.69, 9.17) is 0 Å². The van der Waals surface area contributed by atoms with Crippen molar-refractivity contribution in [3.8, 4) is 0 Å². The lowest BCUT2D eigenvalue weighted by atomic mass is 10.1. The van der Waals surface area contributed by atoms with Gasteiger partial charge in [-0.15, -0.1) is 0 Å². The molecule has 0 radical (unpaired) electrons. The van der Waals surface area contributed by atoms with Gasteiger partial charge in [0, 0.05) is 24.1 Å². The first-order valence-corrected chi connectivity index (χ1v) is 8.65. The summed E-state index contributed by atoms with van der Waals surface area (Å²) in [5, 5.41) is 12.4. The van der Waals surface area contributed by atoms with E-state index in [1.165, 1.54) is 0 Å². The van der Waals surface area contributed by atoms with E-state index in [1.54, 1.807) is 0 Å². The molecule has 1 N–H and O–H groups in total. The van der Waals surface area contributed by atoms with E-state index in [0.29, 0.717) is 11.2 Å². The molecular weight excluding hydrogens is 316 g/mol. The van der Waals surface area contributed by atoms with Crippen molar-refractivity contribution in [2.24, 2.45) is 0 Å². The summed E-state index contributed by atoms with van der Waals surface area (Å²) >= 11 is 0.